The average molecular weight is 731 g/mol. The number of carbonyl (C=O) groups is 2. The van der Waals surface area contributed by atoms with Crippen molar-refractivity contribution in [2.24, 2.45) is 7.05 Å². The van der Waals surface area contributed by atoms with E-state index in [9.17, 15) is 22.8 Å². The summed E-state index contributed by atoms with van der Waals surface area (Å²) >= 11 is 0. The number of hydrogen-bond acceptors (Lipinski definition) is 8. The molecular weight excluding hydrogens is 685 g/mol. The summed E-state index contributed by atoms with van der Waals surface area (Å²) < 4.78 is 39.5. The van der Waals surface area contributed by atoms with Crippen LogP contribution >= 0.6 is 0 Å². The molecule has 0 spiro atoms. The van der Waals surface area contributed by atoms with Crippen LogP contribution in [0.25, 0.3) is 11.3 Å². The normalized spacial score (nSPS) is 18.8. The van der Waals surface area contributed by atoms with Crippen LogP contribution in [0.5, 0.6) is 5.75 Å². The Morgan fingerprint density at radius 1 is 0.923 bits per heavy atom. The minimum atomic E-state index is -3.88. The number of sulfonamides is 1. The van der Waals surface area contributed by atoms with E-state index in [2.05, 4.69) is 10.4 Å². The molecule has 2 amide bonds. The van der Waals surface area contributed by atoms with E-state index in [1.165, 1.54) is 25.9 Å². The van der Waals surface area contributed by atoms with Gasteiger partial charge in [0.1, 0.15) is 16.3 Å². The number of piperazine rings is 1. The van der Waals surface area contributed by atoms with Gasteiger partial charge >= 0.3 is 5.69 Å². The number of aromatic nitrogens is 4. The second kappa shape index (κ2) is 15.5. The van der Waals surface area contributed by atoms with Gasteiger partial charge in [-0.2, -0.15) is 9.40 Å². The lowest BCUT2D eigenvalue weighted by Gasteiger charge is -2.33. The molecule has 4 aromatic rings. The molecule has 0 aliphatic carbocycles. The van der Waals surface area contributed by atoms with Crippen molar-refractivity contribution >= 4 is 21.8 Å². The van der Waals surface area contributed by atoms with Crippen LogP contribution in [-0.2, 0) is 28.4 Å². The zero-order chi connectivity index (χ0) is 36.2. The lowest BCUT2D eigenvalue weighted by atomic mass is 10.0. The highest BCUT2D eigenvalue weighted by atomic mass is 32.2. The summed E-state index contributed by atoms with van der Waals surface area (Å²) in [6, 6.07) is 16.1. The van der Waals surface area contributed by atoms with Crippen molar-refractivity contribution in [1.82, 2.24) is 38.3 Å². The van der Waals surface area contributed by atoms with Gasteiger partial charge in [0.2, 0.25) is 10.0 Å². The molecule has 0 saturated carbocycles. The number of hydrogen-bond donors (Lipinski definition) is 1. The predicted octanol–water partition coefficient (Wildman–Crippen LogP) is 2.56. The van der Waals surface area contributed by atoms with Crippen LogP contribution in [0.1, 0.15) is 54.2 Å². The molecule has 14 nitrogen and oxygen atoms in total. The number of ether oxygens (including phenoxy) is 1. The molecule has 3 fully saturated rings. The van der Waals surface area contributed by atoms with Crippen LogP contribution in [0.15, 0.2) is 76.7 Å². The van der Waals surface area contributed by atoms with Gasteiger partial charge in [0, 0.05) is 71.2 Å². The molecule has 1 atom stereocenters. The first kappa shape index (κ1) is 35.7. The minimum Gasteiger partial charge on any atom is -0.484 e. The highest BCUT2D eigenvalue weighted by Crippen LogP contribution is 2.33. The highest BCUT2D eigenvalue weighted by molar-refractivity contribution is 7.89. The van der Waals surface area contributed by atoms with E-state index in [-0.39, 0.29) is 42.1 Å². The van der Waals surface area contributed by atoms with Gasteiger partial charge in [-0.05, 0) is 49.8 Å². The maximum Gasteiger partial charge on any atom is 0.329 e. The molecule has 52 heavy (non-hydrogen) atoms. The summed E-state index contributed by atoms with van der Waals surface area (Å²) in [6.45, 7) is 4.09. The number of piperidine rings is 2. The molecule has 0 bridgehead atoms. The first-order valence-electron chi connectivity index (χ1n) is 18.1. The van der Waals surface area contributed by atoms with E-state index in [0.717, 1.165) is 37.9 Å². The Labute approximate surface area is 303 Å². The number of aryl methyl sites for hydroxylation is 1. The zero-order valence-corrected chi connectivity index (χ0v) is 30.3. The summed E-state index contributed by atoms with van der Waals surface area (Å²) in [4.78, 5) is 46.0. The average Bonchev–Trinajstić information content (AvgIpc) is 3.75. The molecule has 1 N–H and O–H groups in total. The number of amides is 2. The molecule has 276 valence electrons. The van der Waals surface area contributed by atoms with Crippen LogP contribution in [0.3, 0.4) is 0 Å². The zero-order valence-electron chi connectivity index (χ0n) is 29.5. The second-order valence-electron chi connectivity index (χ2n) is 13.7. The van der Waals surface area contributed by atoms with Crippen molar-refractivity contribution in [1.29, 1.82) is 0 Å². The molecule has 7 rings (SSSR count). The molecule has 3 aliphatic rings. The van der Waals surface area contributed by atoms with Crippen molar-refractivity contribution in [2.45, 2.75) is 49.6 Å². The third kappa shape index (κ3) is 7.43. The molecule has 3 aliphatic heterocycles. The standard InChI is InChI=1S/C37H46N8O6S/c1-40-26-32(23-39-40)52(49,50)43-19-9-13-30(25-43)45-34(29-11-4-2-5-12-29)35(36(47)42-20-15-38-16-21-42)44(37(45)48)24-28-10-8-14-31(22-28)51-27-33(46)41-17-6-3-7-18-41/h2,4-5,8,10-12,14,22-23,26,30,38H,3,6-7,9,13,15-21,24-25,27H2,1H3. The molecule has 3 saturated heterocycles. The molecule has 2 aromatic carbocycles. The number of imidazole rings is 1. The third-order valence-corrected chi connectivity index (χ3v) is 12.0. The van der Waals surface area contributed by atoms with Gasteiger partial charge in [-0.25, -0.2) is 13.2 Å². The fraction of sp³-hybridized carbons (Fsp3) is 0.459. The summed E-state index contributed by atoms with van der Waals surface area (Å²) in [7, 11) is -2.21. The fourth-order valence-corrected chi connectivity index (χ4v) is 8.98. The van der Waals surface area contributed by atoms with Crippen LogP contribution in [-0.4, -0.2) is 112 Å². The van der Waals surface area contributed by atoms with Gasteiger partial charge in [-0.1, -0.05) is 42.5 Å². The van der Waals surface area contributed by atoms with E-state index in [4.69, 9.17) is 4.74 Å². The van der Waals surface area contributed by atoms with Gasteiger partial charge in [0.15, 0.2) is 6.61 Å². The topological polar surface area (TPSA) is 144 Å². The SMILES string of the molecule is Cn1cc(S(=O)(=O)N2CCCC(n3c(-c4ccccc4)c(C(=O)N4CCNCC4)n(Cc4cccc(OCC(=O)N5CCCCC5)c4)c3=O)C2)cn1. The Morgan fingerprint density at radius 2 is 1.69 bits per heavy atom. The Bertz CT molecular complexity index is 2060. The van der Waals surface area contributed by atoms with E-state index in [1.807, 2.05) is 47.4 Å². The van der Waals surface area contributed by atoms with E-state index in [1.54, 1.807) is 28.6 Å². The molecule has 2 aromatic heterocycles. The fourth-order valence-electron chi connectivity index (χ4n) is 7.48. The number of nitrogens with zero attached hydrogens (tertiary/aromatic N) is 7. The van der Waals surface area contributed by atoms with E-state index >= 15 is 0 Å². The second-order valence-corrected chi connectivity index (χ2v) is 15.7. The Hall–Kier alpha value is -4.73. The van der Waals surface area contributed by atoms with Gasteiger partial charge in [0.25, 0.3) is 11.8 Å². The summed E-state index contributed by atoms with van der Waals surface area (Å²) in [5.74, 6) is 0.186. The summed E-state index contributed by atoms with van der Waals surface area (Å²) in [5, 5.41) is 7.36. The lowest BCUT2D eigenvalue weighted by Crippen LogP contribution is -2.47. The monoisotopic (exact) mass is 730 g/mol. The first-order valence-corrected chi connectivity index (χ1v) is 19.5. The number of nitrogens with one attached hydrogen (secondary N) is 1. The highest BCUT2D eigenvalue weighted by Gasteiger charge is 2.37. The Balaban J connectivity index is 1.27. The third-order valence-electron chi connectivity index (χ3n) is 10.2. The van der Waals surface area contributed by atoms with Crippen LogP contribution in [0.4, 0.5) is 0 Å². The molecule has 0 radical (unpaired) electrons. The minimum absolute atomic E-state index is 0.0538. The van der Waals surface area contributed by atoms with Crippen LogP contribution in [0, 0.1) is 0 Å². The van der Waals surface area contributed by atoms with Crippen molar-refractivity contribution < 1.29 is 22.7 Å². The van der Waals surface area contributed by atoms with Crippen molar-refractivity contribution in [3.05, 3.63) is 88.7 Å². The first-order chi connectivity index (χ1) is 25.2. The van der Waals surface area contributed by atoms with Crippen LogP contribution in [0.2, 0.25) is 0 Å². The van der Waals surface area contributed by atoms with Gasteiger partial charge in [-0.15, -0.1) is 0 Å². The van der Waals surface area contributed by atoms with Crippen molar-refractivity contribution in [3.63, 3.8) is 0 Å². The Kier molecular flexibility index (Phi) is 10.6. The molecule has 5 heterocycles. The van der Waals surface area contributed by atoms with E-state index in [0.29, 0.717) is 62.6 Å². The van der Waals surface area contributed by atoms with E-state index < -0.39 is 21.8 Å². The molecule has 15 heteroatoms. The quantitative estimate of drug-likeness (QED) is 0.263. The number of carbonyl (C=O) groups excluding carboxylic acids is 2. The predicted molar refractivity (Wildman–Crippen MR) is 195 cm³/mol. The van der Waals surface area contributed by atoms with Gasteiger partial charge in [-0.3, -0.25) is 23.4 Å². The van der Waals surface area contributed by atoms with Crippen molar-refractivity contribution in [2.75, 3.05) is 59.0 Å². The maximum absolute atomic E-state index is 14.9. The molecular formula is C37H46N8O6S. The summed E-state index contributed by atoms with van der Waals surface area (Å²) in [6.07, 6.45) is 7.02. The number of benzene rings is 2. The Morgan fingerprint density at radius 3 is 2.42 bits per heavy atom. The largest absolute Gasteiger partial charge is 0.484 e. The molecule has 1 unspecified atom stereocenters. The number of rotatable bonds is 10. The van der Waals surface area contributed by atoms with Gasteiger partial charge in [0.05, 0.1) is 24.5 Å². The smallest absolute Gasteiger partial charge is 0.329 e. The van der Waals surface area contributed by atoms with Gasteiger partial charge < -0.3 is 19.9 Å². The number of likely N-dealkylation sites (tertiary alicyclic amines) is 1. The maximum atomic E-state index is 14.9. The van der Waals surface area contributed by atoms with Crippen molar-refractivity contribution in [3.8, 4) is 17.0 Å². The lowest BCUT2D eigenvalue weighted by molar-refractivity contribution is -0.134. The summed E-state index contributed by atoms with van der Waals surface area (Å²) in [5.41, 5.74) is 1.75. The van der Waals surface area contributed by atoms with Crippen LogP contribution < -0.4 is 15.7 Å².